The fourth-order valence-corrected chi connectivity index (χ4v) is 4.88. The first-order chi connectivity index (χ1) is 11.7. The summed E-state index contributed by atoms with van der Waals surface area (Å²) in [6.07, 6.45) is 1.52. The predicted octanol–water partition coefficient (Wildman–Crippen LogP) is 4.01. The van der Waals surface area contributed by atoms with Crippen LogP contribution in [0.3, 0.4) is 0 Å². The molecule has 2 aliphatic rings. The molecule has 0 saturated carbocycles. The molecular weight excluding hydrogens is 411 g/mol. The number of halogens is 2. The van der Waals surface area contributed by atoms with Crippen molar-refractivity contribution in [3.05, 3.63) is 3.92 Å². The predicted molar refractivity (Wildman–Crippen MR) is 98.8 cm³/mol. The fourth-order valence-electron chi connectivity index (χ4n) is 3.77. The lowest BCUT2D eigenvalue weighted by Crippen LogP contribution is -2.65. The Morgan fingerprint density at radius 3 is 2.72 bits per heavy atom. The number of fused-ring (bicyclic) bond motifs is 2. The molecule has 0 N–H and O–H groups in total. The Hall–Kier alpha value is -0.960. The van der Waals surface area contributed by atoms with Gasteiger partial charge in [-0.1, -0.05) is 11.3 Å². The van der Waals surface area contributed by atoms with Crippen LogP contribution in [0.15, 0.2) is 3.92 Å². The Balaban J connectivity index is 1.79. The molecule has 0 spiro atoms. The van der Waals surface area contributed by atoms with E-state index in [4.69, 9.17) is 4.74 Å². The quantitative estimate of drug-likeness (QED) is 0.703. The van der Waals surface area contributed by atoms with Gasteiger partial charge < -0.3 is 9.64 Å². The number of hydrogen-bond acceptors (Lipinski definition) is 6. The summed E-state index contributed by atoms with van der Waals surface area (Å²) in [5.74, 6) is 0. The van der Waals surface area contributed by atoms with Crippen LogP contribution in [0.5, 0.6) is 0 Å². The van der Waals surface area contributed by atoms with Gasteiger partial charge in [0.2, 0.25) is 5.13 Å². The van der Waals surface area contributed by atoms with Gasteiger partial charge in [0, 0.05) is 13.1 Å². The maximum Gasteiger partial charge on any atom is 0.410 e. The number of alkyl halides is 1. The van der Waals surface area contributed by atoms with Crippen LogP contribution in [0, 0.1) is 0 Å². The van der Waals surface area contributed by atoms with Gasteiger partial charge in [-0.2, -0.15) is 0 Å². The highest BCUT2D eigenvalue weighted by Crippen LogP contribution is 2.40. The molecule has 0 unspecified atom stereocenters. The van der Waals surface area contributed by atoms with Gasteiger partial charge in [0.15, 0.2) is 3.92 Å². The topological polar surface area (TPSA) is 58.6 Å². The third-order valence-electron chi connectivity index (χ3n) is 4.83. The van der Waals surface area contributed by atoms with Gasteiger partial charge in [-0.05, 0) is 62.4 Å². The molecule has 140 valence electrons. The molecule has 2 aliphatic heterocycles. The second-order valence-corrected chi connectivity index (χ2v) is 9.97. The van der Waals surface area contributed by atoms with Gasteiger partial charge in [0.1, 0.15) is 11.8 Å². The van der Waals surface area contributed by atoms with Crippen molar-refractivity contribution >= 4 is 38.5 Å². The summed E-state index contributed by atoms with van der Waals surface area (Å²) in [6, 6.07) is -0.746. The van der Waals surface area contributed by atoms with Gasteiger partial charge in [-0.15, -0.1) is 10.2 Å². The number of carbonyl (C=O) groups excluding carboxylic acids is 1. The van der Waals surface area contributed by atoms with E-state index < -0.39 is 23.9 Å². The zero-order chi connectivity index (χ0) is 18.4. The molecule has 0 aromatic carbocycles. The lowest BCUT2D eigenvalue weighted by molar-refractivity contribution is -0.0466. The van der Waals surface area contributed by atoms with Gasteiger partial charge in [-0.3, -0.25) is 4.90 Å². The molecule has 4 atom stereocenters. The summed E-state index contributed by atoms with van der Waals surface area (Å²) < 4.78 is 21.6. The van der Waals surface area contributed by atoms with Crippen LogP contribution >= 0.6 is 27.3 Å². The van der Waals surface area contributed by atoms with Crippen molar-refractivity contribution < 1.29 is 13.9 Å². The highest BCUT2D eigenvalue weighted by atomic mass is 79.9. The average Bonchev–Trinajstić information content (AvgIpc) is 2.94. The van der Waals surface area contributed by atoms with Crippen LogP contribution in [-0.2, 0) is 4.74 Å². The Kier molecular flexibility index (Phi) is 5.26. The maximum atomic E-state index is 15.4. The molecule has 3 rings (SSSR count). The molecule has 25 heavy (non-hydrogen) atoms. The monoisotopic (exact) mass is 434 g/mol. The van der Waals surface area contributed by atoms with Crippen LogP contribution in [-0.4, -0.2) is 58.1 Å². The van der Waals surface area contributed by atoms with E-state index in [1.807, 2.05) is 32.7 Å². The SMILES string of the molecule is CN(c1nnc(Br)s1)[C@H]1C[C@@H]2CCC[C@H]([C@H]1F)N2C(=O)OC(C)(C)C. The molecule has 3 heterocycles. The Morgan fingerprint density at radius 1 is 1.40 bits per heavy atom. The number of amides is 1. The van der Waals surface area contributed by atoms with E-state index in [1.54, 1.807) is 4.90 Å². The van der Waals surface area contributed by atoms with Gasteiger partial charge in [-0.25, -0.2) is 9.18 Å². The molecule has 1 aromatic rings. The van der Waals surface area contributed by atoms with E-state index in [2.05, 4.69) is 26.1 Å². The summed E-state index contributed by atoms with van der Waals surface area (Å²) in [4.78, 5) is 16.1. The highest BCUT2D eigenvalue weighted by molar-refractivity contribution is 9.11. The first-order valence-electron chi connectivity index (χ1n) is 8.54. The second-order valence-electron chi connectivity index (χ2n) is 7.74. The number of carbonyl (C=O) groups is 1. The molecule has 9 heteroatoms. The largest absolute Gasteiger partial charge is 0.444 e. The third-order valence-corrected chi connectivity index (χ3v) is 6.28. The molecule has 1 aromatic heterocycles. The number of anilines is 1. The van der Waals surface area contributed by atoms with Crippen LogP contribution in [0.2, 0.25) is 0 Å². The molecule has 6 nitrogen and oxygen atoms in total. The van der Waals surface area contributed by atoms with Crippen molar-refractivity contribution in [1.82, 2.24) is 15.1 Å². The van der Waals surface area contributed by atoms with E-state index >= 15 is 4.39 Å². The number of hydrogen-bond donors (Lipinski definition) is 0. The molecule has 2 fully saturated rings. The van der Waals surface area contributed by atoms with Crippen molar-refractivity contribution in [2.75, 3.05) is 11.9 Å². The van der Waals surface area contributed by atoms with Crippen molar-refractivity contribution in [1.29, 1.82) is 0 Å². The van der Waals surface area contributed by atoms with Gasteiger partial charge >= 0.3 is 6.09 Å². The van der Waals surface area contributed by atoms with Crippen LogP contribution in [0.1, 0.15) is 46.5 Å². The van der Waals surface area contributed by atoms with E-state index in [0.29, 0.717) is 21.9 Å². The molecule has 0 aliphatic carbocycles. The molecule has 1 amide bonds. The average molecular weight is 435 g/mol. The van der Waals surface area contributed by atoms with E-state index in [-0.39, 0.29) is 12.1 Å². The minimum atomic E-state index is -1.14. The Bertz CT molecular complexity index is 638. The van der Waals surface area contributed by atoms with Crippen molar-refractivity contribution in [3.63, 3.8) is 0 Å². The number of nitrogens with zero attached hydrogens (tertiary/aromatic N) is 4. The molecule has 2 saturated heterocycles. The maximum absolute atomic E-state index is 15.4. The van der Waals surface area contributed by atoms with Crippen LogP contribution in [0.25, 0.3) is 0 Å². The summed E-state index contributed by atoms with van der Waals surface area (Å²) >= 11 is 4.68. The normalized spacial score (nSPS) is 29.4. The highest BCUT2D eigenvalue weighted by Gasteiger charge is 2.50. The number of ether oxygens (including phenoxy) is 1. The van der Waals surface area contributed by atoms with E-state index in [1.165, 1.54) is 11.3 Å². The summed E-state index contributed by atoms with van der Waals surface area (Å²) in [7, 11) is 1.85. The third kappa shape index (κ3) is 3.92. The lowest BCUT2D eigenvalue weighted by atomic mass is 9.80. The first kappa shape index (κ1) is 18.8. The summed E-state index contributed by atoms with van der Waals surface area (Å²) in [6.45, 7) is 5.50. The summed E-state index contributed by atoms with van der Waals surface area (Å²) in [5.41, 5.74) is -0.580. The van der Waals surface area contributed by atoms with Crippen molar-refractivity contribution in [3.8, 4) is 0 Å². The molecule has 0 radical (unpaired) electrons. The van der Waals surface area contributed by atoms with E-state index in [9.17, 15) is 4.79 Å². The minimum Gasteiger partial charge on any atom is -0.444 e. The standard InChI is InChI=1S/C16H24BrFN4O2S/c1-16(2,3)24-15(23)22-9-6-5-7-10(22)12(18)11(8-9)21(4)14-20-19-13(17)25-14/h9-12H,5-8H2,1-4H3/t9-,10+,11-,12+/m0/s1. The van der Waals surface area contributed by atoms with Crippen LogP contribution < -0.4 is 4.90 Å². The van der Waals surface area contributed by atoms with Gasteiger partial charge in [0.05, 0.1) is 12.1 Å². The number of piperidine rings is 2. The minimum absolute atomic E-state index is 0.00409. The second kappa shape index (κ2) is 6.98. The van der Waals surface area contributed by atoms with E-state index in [0.717, 1.165) is 12.8 Å². The number of rotatable bonds is 2. The van der Waals surface area contributed by atoms with Crippen molar-refractivity contribution in [2.45, 2.75) is 76.4 Å². The Labute approximate surface area is 159 Å². The van der Waals surface area contributed by atoms with Crippen molar-refractivity contribution in [2.24, 2.45) is 0 Å². The fraction of sp³-hybridized carbons (Fsp3) is 0.812. The smallest absolute Gasteiger partial charge is 0.410 e. The zero-order valence-corrected chi connectivity index (χ0v) is 17.3. The molecular formula is C16H24BrFN4O2S. The zero-order valence-electron chi connectivity index (χ0n) is 14.9. The lowest BCUT2D eigenvalue weighted by Gasteiger charge is -2.51. The van der Waals surface area contributed by atoms with Crippen LogP contribution in [0.4, 0.5) is 14.3 Å². The number of aromatic nitrogens is 2. The Morgan fingerprint density at radius 2 is 2.12 bits per heavy atom. The first-order valence-corrected chi connectivity index (χ1v) is 10.2. The van der Waals surface area contributed by atoms with Gasteiger partial charge in [0.25, 0.3) is 0 Å². The molecule has 2 bridgehead atoms. The summed E-state index contributed by atoms with van der Waals surface area (Å²) in [5, 5.41) is 8.73.